The van der Waals surface area contributed by atoms with Crippen LogP contribution in [-0.2, 0) is 6.54 Å². The van der Waals surface area contributed by atoms with Crippen LogP contribution in [0.5, 0.6) is 0 Å². The van der Waals surface area contributed by atoms with E-state index in [-0.39, 0.29) is 0 Å². The molecule has 0 aliphatic heterocycles. The second kappa shape index (κ2) is 9.36. The van der Waals surface area contributed by atoms with E-state index in [1.165, 1.54) is 25.7 Å². The Labute approximate surface area is 116 Å². The second-order valence-electron chi connectivity index (χ2n) is 4.68. The molecule has 0 aliphatic rings. The molecule has 1 aromatic heterocycles. The van der Waals surface area contributed by atoms with Crippen LogP contribution < -0.4 is 10.6 Å². The Morgan fingerprint density at radius 2 is 2.05 bits per heavy atom. The summed E-state index contributed by atoms with van der Waals surface area (Å²) in [5.74, 6) is 0.847. The first kappa shape index (κ1) is 15.5. The molecular weight excluding hydrogens is 236 g/mol. The van der Waals surface area contributed by atoms with E-state index in [1.54, 1.807) is 7.05 Å². The molecule has 2 N–H and O–H groups in total. The molecule has 1 heterocycles. The van der Waals surface area contributed by atoms with Crippen molar-refractivity contribution >= 4 is 5.96 Å². The lowest BCUT2D eigenvalue weighted by atomic mass is 10.2. The zero-order valence-electron chi connectivity index (χ0n) is 12.4. The second-order valence-corrected chi connectivity index (χ2v) is 4.68. The summed E-state index contributed by atoms with van der Waals surface area (Å²) in [6.45, 7) is 5.91. The van der Waals surface area contributed by atoms with E-state index in [1.807, 2.05) is 25.1 Å². The highest BCUT2D eigenvalue weighted by Gasteiger charge is 1.99. The van der Waals surface area contributed by atoms with E-state index in [9.17, 15) is 0 Å². The molecule has 0 aliphatic carbocycles. The minimum atomic E-state index is 0.705. The van der Waals surface area contributed by atoms with E-state index in [0.29, 0.717) is 6.54 Å². The molecule has 0 atom stereocenters. The number of aliphatic imine (C=N–C) groups is 1. The van der Waals surface area contributed by atoms with Crippen LogP contribution in [0.2, 0.25) is 0 Å². The molecule has 0 saturated carbocycles. The van der Waals surface area contributed by atoms with E-state index in [0.717, 1.165) is 23.9 Å². The van der Waals surface area contributed by atoms with Crippen LogP contribution in [0, 0.1) is 6.92 Å². The summed E-state index contributed by atoms with van der Waals surface area (Å²) in [5.41, 5.74) is 2.08. The fourth-order valence-corrected chi connectivity index (χ4v) is 1.85. The molecule has 0 bridgehead atoms. The Morgan fingerprint density at radius 1 is 1.21 bits per heavy atom. The molecule has 4 heteroatoms. The first-order valence-electron chi connectivity index (χ1n) is 7.13. The number of nitrogens with zero attached hydrogens (tertiary/aromatic N) is 2. The van der Waals surface area contributed by atoms with Gasteiger partial charge in [-0.15, -0.1) is 0 Å². The number of aromatic nitrogens is 1. The van der Waals surface area contributed by atoms with E-state index >= 15 is 0 Å². The lowest BCUT2D eigenvalue weighted by Gasteiger charge is -2.11. The van der Waals surface area contributed by atoms with Crippen molar-refractivity contribution < 1.29 is 0 Å². The van der Waals surface area contributed by atoms with Crippen LogP contribution >= 0.6 is 0 Å². The number of guanidine groups is 1. The van der Waals surface area contributed by atoms with Gasteiger partial charge in [-0.25, -0.2) is 0 Å². The van der Waals surface area contributed by atoms with Gasteiger partial charge in [0.2, 0.25) is 0 Å². The fourth-order valence-electron chi connectivity index (χ4n) is 1.85. The predicted molar refractivity (Wildman–Crippen MR) is 81.3 cm³/mol. The standard InChI is InChI=1S/C15H26N4/c1-4-5-6-7-11-17-15(16-3)18-12-14-10-8-9-13(2)19-14/h8-10H,4-7,11-12H2,1-3H3,(H2,16,17,18). The van der Waals surface area contributed by atoms with Gasteiger partial charge in [0.25, 0.3) is 0 Å². The minimum Gasteiger partial charge on any atom is -0.356 e. The molecular formula is C15H26N4. The summed E-state index contributed by atoms with van der Waals surface area (Å²) in [7, 11) is 1.80. The van der Waals surface area contributed by atoms with Gasteiger partial charge in [0.05, 0.1) is 12.2 Å². The van der Waals surface area contributed by atoms with Crippen LogP contribution in [0.3, 0.4) is 0 Å². The van der Waals surface area contributed by atoms with Crippen LogP contribution in [0.25, 0.3) is 0 Å². The van der Waals surface area contributed by atoms with Gasteiger partial charge in [-0.05, 0) is 25.5 Å². The van der Waals surface area contributed by atoms with Crippen molar-refractivity contribution in [2.24, 2.45) is 4.99 Å². The van der Waals surface area contributed by atoms with Crippen molar-refractivity contribution in [3.8, 4) is 0 Å². The molecule has 106 valence electrons. The number of hydrogen-bond donors (Lipinski definition) is 2. The van der Waals surface area contributed by atoms with Gasteiger partial charge in [-0.1, -0.05) is 32.3 Å². The minimum absolute atomic E-state index is 0.705. The SMILES string of the molecule is CCCCCCNC(=NC)NCc1cccc(C)n1. The smallest absolute Gasteiger partial charge is 0.191 e. The van der Waals surface area contributed by atoms with Crippen molar-refractivity contribution in [2.45, 2.75) is 46.1 Å². The topological polar surface area (TPSA) is 49.3 Å². The van der Waals surface area contributed by atoms with Crippen LogP contribution in [0.1, 0.15) is 44.0 Å². The number of hydrogen-bond acceptors (Lipinski definition) is 2. The van der Waals surface area contributed by atoms with Crippen molar-refractivity contribution in [1.82, 2.24) is 15.6 Å². The summed E-state index contributed by atoms with van der Waals surface area (Å²) in [5, 5.41) is 6.60. The molecule has 1 rings (SSSR count). The fraction of sp³-hybridized carbons (Fsp3) is 0.600. The maximum absolute atomic E-state index is 4.45. The van der Waals surface area contributed by atoms with Gasteiger partial charge in [0, 0.05) is 19.3 Å². The van der Waals surface area contributed by atoms with Crippen molar-refractivity contribution in [2.75, 3.05) is 13.6 Å². The highest BCUT2D eigenvalue weighted by atomic mass is 15.2. The maximum Gasteiger partial charge on any atom is 0.191 e. The van der Waals surface area contributed by atoms with Gasteiger partial charge in [-0.3, -0.25) is 9.98 Å². The van der Waals surface area contributed by atoms with Crippen molar-refractivity contribution in [3.63, 3.8) is 0 Å². The third-order valence-corrected chi connectivity index (χ3v) is 2.93. The molecule has 0 spiro atoms. The van der Waals surface area contributed by atoms with Gasteiger partial charge < -0.3 is 10.6 Å². The summed E-state index contributed by atoms with van der Waals surface area (Å²) in [6, 6.07) is 6.05. The Hall–Kier alpha value is -1.58. The normalized spacial score (nSPS) is 11.4. The molecule has 1 aromatic rings. The van der Waals surface area contributed by atoms with Gasteiger partial charge >= 0.3 is 0 Å². The first-order valence-corrected chi connectivity index (χ1v) is 7.13. The molecule has 0 radical (unpaired) electrons. The average molecular weight is 262 g/mol. The van der Waals surface area contributed by atoms with Crippen molar-refractivity contribution in [1.29, 1.82) is 0 Å². The first-order chi connectivity index (χ1) is 9.26. The average Bonchev–Trinajstić information content (AvgIpc) is 2.42. The Kier molecular flexibility index (Phi) is 7.63. The maximum atomic E-state index is 4.45. The summed E-state index contributed by atoms with van der Waals surface area (Å²) >= 11 is 0. The summed E-state index contributed by atoms with van der Waals surface area (Å²) in [6.07, 6.45) is 5.05. The quantitative estimate of drug-likeness (QED) is 0.451. The lowest BCUT2D eigenvalue weighted by Crippen LogP contribution is -2.37. The third-order valence-electron chi connectivity index (χ3n) is 2.93. The number of unbranched alkanes of at least 4 members (excludes halogenated alkanes) is 3. The van der Waals surface area contributed by atoms with Crippen LogP contribution in [0.4, 0.5) is 0 Å². The van der Waals surface area contributed by atoms with Crippen molar-refractivity contribution in [3.05, 3.63) is 29.6 Å². The third kappa shape index (κ3) is 6.79. The number of aryl methyl sites for hydroxylation is 1. The summed E-state index contributed by atoms with van der Waals surface area (Å²) in [4.78, 5) is 8.66. The Bertz CT molecular complexity index is 387. The summed E-state index contributed by atoms with van der Waals surface area (Å²) < 4.78 is 0. The molecule has 0 saturated heterocycles. The molecule has 19 heavy (non-hydrogen) atoms. The van der Waals surface area contributed by atoms with E-state index in [4.69, 9.17) is 0 Å². The predicted octanol–water partition coefficient (Wildman–Crippen LogP) is 2.64. The van der Waals surface area contributed by atoms with Crippen LogP contribution in [-0.4, -0.2) is 24.5 Å². The van der Waals surface area contributed by atoms with E-state index < -0.39 is 0 Å². The number of pyridine rings is 1. The van der Waals surface area contributed by atoms with Crippen LogP contribution in [0.15, 0.2) is 23.2 Å². The van der Waals surface area contributed by atoms with E-state index in [2.05, 4.69) is 27.5 Å². The Morgan fingerprint density at radius 3 is 2.74 bits per heavy atom. The number of nitrogens with one attached hydrogen (secondary N) is 2. The molecule has 0 fully saturated rings. The monoisotopic (exact) mass is 262 g/mol. The molecule has 0 unspecified atom stereocenters. The zero-order valence-corrected chi connectivity index (χ0v) is 12.4. The van der Waals surface area contributed by atoms with Gasteiger partial charge in [0.1, 0.15) is 0 Å². The highest BCUT2D eigenvalue weighted by molar-refractivity contribution is 5.79. The van der Waals surface area contributed by atoms with Gasteiger partial charge in [0.15, 0.2) is 5.96 Å². The largest absolute Gasteiger partial charge is 0.356 e. The van der Waals surface area contributed by atoms with Gasteiger partial charge in [-0.2, -0.15) is 0 Å². The number of rotatable bonds is 7. The molecule has 4 nitrogen and oxygen atoms in total. The lowest BCUT2D eigenvalue weighted by molar-refractivity contribution is 0.646. The highest BCUT2D eigenvalue weighted by Crippen LogP contribution is 1.98. The molecule has 0 aromatic carbocycles. The zero-order chi connectivity index (χ0) is 13.9. The Balaban J connectivity index is 2.25. The molecule has 0 amide bonds.